The Labute approximate surface area is 179 Å². The molecule has 3 aromatic rings. The number of aryl methyl sites for hydroxylation is 2. The molecule has 0 spiro atoms. The number of amides is 1. The van der Waals surface area contributed by atoms with Crippen molar-refractivity contribution >= 4 is 28.3 Å². The van der Waals surface area contributed by atoms with E-state index in [1.165, 1.54) is 18.4 Å². The lowest BCUT2D eigenvalue weighted by Crippen LogP contribution is -2.43. The number of benzene rings is 2. The van der Waals surface area contributed by atoms with Gasteiger partial charge in [0.25, 0.3) is 5.91 Å². The second kappa shape index (κ2) is 8.47. The Kier molecular flexibility index (Phi) is 5.76. The van der Waals surface area contributed by atoms with Crippen molar-refractivity contribution in [2.45, 2.75) is 53.0 Å². The molecule has 0 saturated heterocycles. The molecular formula is C26H31N3O. The number of carbonyl (C=O) groups is 1. The Morgan fingerprint density at radius 3 is 2.67 bits per heavy atom. The maximum absolute atomic E-state index is 13.3. The van der Waals surface area contributed by atoms with E-state index in [-0.39, 0.29) is 11.9 Å². The lowest BCUT2D eigenvalue weighted by Gasteiger charge is -2.34. The van der Waals surface area contributed by atoms with Crippen LogP contribution in [-0.4, -0.2) is 16.9 Å². The highest BCUT2D eigenvalue weighted by Gasteiger charge is 2.29. The minimum absolute atomic E-state index is 0.0106. The molecule has 1 aromatic heterocycles. The van der Waals surface area contributed by atoms with Gasteiger partial charge in [0.2, 0.25) is 0 Å². The van der Waals surface area contributed by atoms with Crippen LogP contribution < -0.4 is 10.6 Å². The number of nitrogens with one attached hydrogen (secondary N) is 2. The number of carbonyl (C=O) groups excluding carboxylic acids is 1. The Hall–Kier alpha value is -2.88. The van der Waals surface area contributed by atoms with E-state index >= 15 is 0 Å². The fourth-order valence-electron chi connectivity index (χ4n) is 4.47. The second-order valence-electron chi connectivity index (χ2n) is 8.86. The van der Waals surface area contributed by atoms with Crippen molar-refractivity contribution in [3.63, 3.8) is 0 Å². The predicted molar refractivity (Wildman–Crippen MR) is 124 cm³/mol. The molecule has 0 aliphatic heterocycles. The van der Waals surface area contributed by atoms with Crippen LogP contribution in [0.1, 0.15) is 54.6 Å². The van der Waals surface area contributed by atoms with E-state index in [1.54, 1.807) is 0 Å². The molecule has 1 amide bonds. The van der Waals surface area contributed by atoms with E-state index in [9.17, 15) is 4.79 Å². The number of hydrogen-bond donors (Lipinski definition) is 2. The first-order chi connectivity index (χ1) is 14.4. The molecule has 4 nitrogen and oxygen atoms in total. The first-order valence-corrected chi connectivity index (χ1v) is 11.0. The van der Waals surface area contributed by atoms with Crippen LogP contribution >= 0.6 is 0 Å². The topological polar surface area (TPSA) is 54.0 Å². The summed E-state index contributed by atoms with van der Waals surface area (Å²) in [5.74, 6) is 1.81. The van der Waals surface area contributed by atoms with Crippen molar-refractivity contribution in [1.29, 1.82) is 0 Å². The Morgan fingerprint density at radius 1 is 1.03 bits per heavy atom. The number of nitrogens with zero attached hydrogens (tertiary/aromatic N) is 1. The van der Waals surface area contributed by atoms with Crippen molar-refractivity contribution in [3.05, 3.63) is 65.2 Å². The average molecular weight is 402 g/mol. The standard InChI is InChI=1S/C26H31N3O/c1-16-12-13-18(3)24(14-16)28-25-15-21(20-9-5-6-10-23(20)27-25)26(30)29-22-11-7-8-17(2)19(22)4/h5-6,9-10,12-15,17,19,22H,7-8,11H2,1-4H3,(H,27,28)(H,29,30). The van der Waals surface area contributed by atoms with Gasteiger partial charge in [0.05, 0.1) is 11.1 Å². The molecule has 1 saturated carbocycles. The summed E-state index contributed by atoms with van der Waals surface area (Å²) >= 11 is 0. The summed E-state index contributed by atoms with van der Waals surface area (Å²) in [7, 11) is 0. The molecule has 1 aliphatic rings. The molecule has 4 heteroatoms. The molecule has 30 heavy (non-hydrogen) atoms. The van der Waals surface area contributed by atoms with Crippen molar-refractivity contribution in [1.82, 2.24) is 10.3 Å². The summed E-state index contributed by atoms with van der Waals surface area (Å²) < 4.78 is 0. The van der Waals surface area contributed by atoms with Gasteiger partial charge in [0.1, 0.15) is 5.82 Å². The molecule has 156 valence electrons. The fourth-order valence-corrected chi connectivity index (χ4v) is 4.47. The summed E-state index contributed by atoms with van der Waals surface area (Å²) in [5.41, 5.74) is 4.84. The third-order valence-corrected chi connectivity index (χ3v) is 6.64. The normalized spacial score (nSPS) is 21.4. The Morgan fingerprint density at radius 2 is 1.83 bits per heavy atom. The number of anilines is 2. The molecule has 2 aromatic carbocycles. The zero-order valence-electron chi connectivity index (χ0n) is 18.3. The van der Waals surface area contributed by atoms with Crippen LogP contribution in [0.4, 0.5) is 11.5 Å². The van der Waals surface area contributed by atoms with Gasteiger partial charge in [-0.15, -0.1) is 0 Å². The molecular weight excluding hydrogens is 370 g/mol. The van der Waals surface area contributed by atoms with Crippen LogP contribution in [0, 0.1) is 25.7 Å². The summed E-state index contributed by atoms with van der Waals surface area (Å²) in [4.78, 5) is 18.1. The highest BCUT2D eigenvalue weighted by Crippen LogP contribution is 2.30. The number of pyridine rings is 1. The smallest absolute Gasteiger partial charge is 0.252 e. The maximum atomic E-state index is 13.3. The first-order valence-electron chi connectivity index (χ1n) is 11.0. The highest BCUT2D eigenvalue weighted by atomic mass is 16.1. The SMILES string of the molecule is Cc1ccc(C)c(Nc2cc(C(=O)NC3CCCC(C)C3C)c3ccccc3n2)c1. The third kappa shape index (κ3) is 4.18. The summed E-state index contributed by atoms with van der Waals surface area (Å²) in [6.07, 6.45) is 3.47. The quantitative estimate of drug-likeness (QED) is 0.551. The molecule has 1 heterocycles. The second-order valence-corrected chi connectivity index (χ2v) is 8.86. The predicted octanol–water partition coefficient (Wildman–Crippen LogP) is 6.15. The monoisotopic (exact) mass is 401 g/mol. The molecule has 3 unspecified atom stereocenters. The van der Waals surface area contributed by atoms with E-state index < -0.39 is 0 Å². The lowest BCUT2D eigenvalue weighted by molar-refractivity contribution is 0.0892. The van der Waals surface area contributed by atoms with Crippen LogP contribution in [0.15, 0.2) is 48.5 Å². The molecule has 3 atom stereocenters. The van der Waals surface area contributed by atoms with E-state index in [0.29, 0.717) is 23.2 Å². The zero-order valence-corrected chi connectivity index (χ0v) is 18.3. The van der Waals surface area contributed by atoms with Gasteiger partial charge in [-0.1, -0.05) is 57.0 Å². The van der Waals surface area contributed by atoms with Gasteiger partial charge in [-0.25, -0.2) is 4.98 Å². The van der Waals surface area contributed by atoms with E-state index in [4.69, 9.17) is 4.98 Å². The number of fused-ring (bicyclic) bond motifs is 1. The molecule has 1 aliphatic carbocycles. The number of rotatable bonds is 4. The summed E-state index contributed by atoms with van der Waals surface area (Å²) in [5, 5.41) is 7.64. The van der Waals surface area contributed by atoms with Gasteiger partial charge >= 0.3 is 0 Å². The zero-order chi connectivity index (χ0) is 21.3. The van der Waals surface area contributed by atoms with Gasteiger partial charge < -0.3 is 10.6 Å². The number of para-hydroxylation sites is 1. The molecule has 2 N–H and O–H groups in total. The number of hydrogen-bond acceptors (Lipinski definition) is 3. The van der Waals surface area contributed by atoms with Gasteiger partial charge in [-0.2, -0.15) is 0 Å². The van der Waals surface area contributed by atoms with Crippen molar-refractivity contribution in [2.75, 3.05) is 5.32 Å². The van der Waals surface area contributed by atoms with E-state index in [0.717, 1.165) is 28.6 Å². The average Bonchev–Trinajstić information content (AvgIpc) is 2.73. The first kappa shape index (κ1) is 20.4. The van der Waals surface area contributed by atoms with Crippen LogP contribution in [0.25, 0.3) is 10.9 Å². The fraction of sp³-hybridized carbons (Fsp3) is 0.385. The maximum Gasteiger partial charge on any atom is 0.252 e. The van der Waals surface area contributed by atoms with Crippen LogP contribution in [-0.2, 0) is 0 Å². The lowest BCUT2D eigenvalue weighted by atomic mass is 9.78. The summed E-state index contributed by atoms with van der Waals surface area (Å²) in [6.45, 7) is 8.69. The van der Waals surface area contributed by atoms with Gasteiger partial charge in [0, 0.05) is 17.1 Å². The Bertz CT molecular complexity index is 1080. The van der Waals surface area contributed by atoms with E-state index in [1.807, 2.05) is 30.3 Å². The van der Waals surface area contributed by atoms with Gasteiger partial charge in [0.15, 0.2) is 0 Å². The van der Waals surface area contributed by atoms with Crippen molar-refractivity contribution in [3.8, 4) is 0 Å². The Balaban J connectivity index is 1.68. The minimum Gasteiger partial charge on any atom is -0.349 e. The van der Waals surface area contributed by atoms with Crippen LogP contribution in [0.5, 0.6) is 0 Å². The molecule has 4 rings (SSSR count). The van der Waals surface area contributed by atoms with Gasteiger partial charge in [-0.3, -0.25) is 4.79 Å². The summed E-state index contributed by atoms with van der Waals surface area (Å²) in [6, 6.07) is 16.3. The van der Waals surface area contributed by atoms with Crippen molar-refractivity contribution < 1.29 is 4.79 Å². The van der Waals surface area contributed by atoms with E-state index in [2.05, 4.69) is 56.5 Å². The molecule has 1 fully saturated rings. The van der Waals surface area contributed by atoms with Crippen LogP contribution in [0.3, 0.4) is 0 Å². The highest BCUT2D eigenvalue weighted by molar-refractivity contribution is 6.07. The molecule has 0 radical (unpaired) electrons. The van der Waals surface area contributed by atoms with Crippen LogP contribution in [0.2, 0.25) is 0 Å². The largest absolute Gasteiger partial charge is 0.349 e. The molecule has 0 bridgehead atoms. The number of aromatic nitrogens is 1. The third-order valence-electron chi connectivity index (χ3n) is 6.64. The minimum atomic E-state index is -0.0106. The van der Waals surface area contributed by atoms with Gasteiger partial charge in [-0.05, 0) is 61.4 Å². The van der Waals surface area contributed by atoms with Crippen molar-refractivity contribution in [2.24, 2.45) is 11.8 Å².